The number of rotatable bonds is 3. The molecule has 0 aromatic heterocycles. The van der Waals surface area contributed by atoms with E-state index in [4.69, 9.17) is 0 Å². The Bertz CT molecular complexity index is 592. The lowest BCUT2D eigenvalue weighted by atomic mass is 10.0. The molecule has 2 atom stereocenters. The van der Waals surface area contributed by atoms with E-state index in [2.05, 4.69) is 0 Å². The number of nitro benzene ring substituents is 1. The first-order valence-electron chi connectivity index (χ1n) is 6.42. The van der Waals surface area contributed by atoms with Crippen LogP contribution in [0.1, 0.15) is 23.7 Å². The van der Waals surface area contributed by atoms with Gasteiger partial charge in [0.15, 0.2) is 11.6 Å². The molecule has 1 amide bonds. The highest BCUT2D eigenvalue weighted by Crippen LogP contribution is 2.27. The molecule has 1 aliphatic rings. The molecular formula is C13H14F2N2O4. The number of nitro groups is 1. The molecule has 1 aromatic carbocycles. The maximum atomic E-state index is 13.3. The molecule has 1 aliphatic heterocycles. The summed E-state index contributed by atoms with van der Waals surface area (Å²) >= 11 is 0. The van der Waals surface area contributed by atoms with Crippen molar-refractivity contribution >= 4 is 11.6 Å². The van der Waals surface area contributed by atoms with Crippen LogP contribution in [0, 0.1) is 27.7 Å². The number of carbonyl (C=O) groups is 1. The van der Waals surface area contributed by atoms with Gasteiger partial charge in [0, 0.05) is 19.0 Å². The van der Waals surface area contributed by atoms with Crippen molar-refractivity contribution in [3.8, 4) is 0 Å². The van der Waals surface area contributed by atoms with Gasteiger partial charge in [-0.1, -0.05) is 0 Å². The second-order valence-electron chi connectivity index (χ2n) is 5.08. The summed E-state index contributed by atoms with van der Waals surface area (Å²) in [6, 6.07) is 0.955. The van der Waals surface area contributed by atoms with Crippen LogP contribution in [0.25, 0.3) is 0 Å². The number of benzene rings is 1. The molecule has 0 spiro atoms. The van der Waals surface area contributed by atoms with Gasteiger partial charge in [-0.25, -0.2) is 8.78 Å². The Labute approximate surface area is 119 Å². The molecule has 1 N–H and O–H groups in total. The number of hydrogen-bond acceptors (Lipinski definition) is 4. The normalized spacial score (nSPS) is 19.6. The maximum absolute atomic E-state index is 13.3. The molecule has 0 aliphatic carbocycles. The van der Waals surface area contributed by atoms with Gasteiger partial charge in [-0.3, -0.25) is 14.9 Å². The second kappa shape index (κ2) is 5.72. The standard InChI is InChI=1S/C13H14F2N2O4/c1-7(18)8-2-3-16(6-8)13(19)9-4-10(14)11(15)5-12(9)17(20)21/h4-5,7-8,18H,2-3,6H2,1H3. The van der Waals surface area contributed by atoms with E-state index in [1.54, 1.807) is 6.92 Å². The second-order valence-corrected chi connectivity index (χ2v) is 5.08. The molecule has 1 heterocycles. The Balaban J connectivity index is 2.31. The number of aliphatic hydroxyl groups is 1. The van der Waals surface area contributed by atoms with Crippen molar-refractivity contribution in [2.24, 2.45) is 5.92 Å². The lowest BCUT2D eigenvalue weighted by molar-refractivity contribution is -0.385. The zero-order chi connectivity index (χ0) is 15.7. The van der Waals surface area contributed by atoms with Crippen LogP contribution in [0.15, 0.2) is 12.1 Å². The molecule has 0 saturated carbocycles. The van der Waals surface area contributed by atoms with Crippen LogP contribution in [0.3, 0.4) is 0 Å². The molecule has 2 unspecified atom stereocenters. The van der Waals surface area contributed by atoms with Crippen LogP contribution >= 0.6 is 0 Å². The predicted molar refractivity (Wildman–Crippen MR) is 68.7 cm³/mol. The summed E-state index contributed by atoms with van der Waals surface area (Å²) in [6.07, 6.45) is -0.0521. The van der Waals surface area contributed by atoms with Gasteiger partial charge in [0.05, 0.1) is 17.1 Å². The van der Waals surface area contributed by atoms with E-state index in [1.807, 2.05) is 0 Å². The van der Waals surface area contributed by atoms with Crippen molar-refractivity contribution < 1.29 is 23.6 Å². The molecule has 8 heteroatoms. The predicted octanol–water partition coefficient (Wildman–Crippen LogP) is 1.72. The van der Waals surface area contributed by atoms with Crippen molar-refractivity contribution in [3.63, 3.8) is 0 Å². The number of likely N-dealkylation sites (tertiary alicyclic amines) is 1. The minimum Gasteiger partial charge on any atom is -0.393 e. The van der Waals surface area contributed by atoms with Gasteiger partial charge >= 0.3 is 0 Å². The van der Waals surface area contributed by atoms with E-state index < -0.39 is 39.8 Å². The van der Waals surface area contributed by atoms with E-state index in [1.165, 1.54) is 4.90 Å². The third kappa shape index (κ3) is 2.99. The van der Waals surface area contributed by atoms with Crippen LogP contribution in [-0.4, -0.2) is 40.0 Å². The van der Waals surface area contributed by atoms with E-state index in [-0.39, 0.29) is 12.5 Å². The fourth-order valence-electron chi connectivity index (χ4n) is 2.39. The van der Waals surface area contributed by atoms with E-state index in [0.717, 1.165) is 0 Å². The molecule has 114 valence electrons. The Morgan fingerprint density at radius 3 is 2.62 bits per heavy atom. The highest BCUT2D eigenvalue weighted by Gasteiger charge is 2.33. The third-order valence-corrected chi connectivity index (χ3v) is 3.66. The maximum Gasteiger partial charge on any atom is 0.285 e. The Kier molecular flexibility index (Phi) is 4.17. The monoisotopic (exact) mass is 300 g/mol. The molecule has 1 saturated heterocycles. The van der Waals surface area contributed by atoms with Gasteiger partial charge in [-0.2, -0.15) is 0 Å². The highest BCUT2D eigenvalue weighted by molar-refractivity contribution is 5.98. The molecule has 21 heavy (non-hydrogen) atoms. The Morgan fingerprint density at radius 2 is 2.10 bits per heavy atom. The first-order valence-corrected chi connectivity index (χ1v) is 6.42. The van der Waals surface area contributed by atoms with Gasteiger partial charge in [-0.05, 0) is 19.4 Å². The van der Waals surface area contributed by atoms with Crippen molar-refractivity contribution in [3.05, 3.63) is 39.4 Å². The number of aliphatic hydroxyl groups excluding tert-OH is 1. The summed E-state index contributed by atoms with van der Waals surface area (Å²) in [4.78, 5) is 23.5. The summed E-state index contributed by atoms with van der Waals surface area (Å²) < 4.78 is 26.4. The number of amides is 1. The average Bonchev–Trinajstić information content (AvgIpc) is 2.90. The third-order valence-electron chi connectivity index (χ3n) is 3.66. The minimum absolute atomic E-state index is 0.127. The number of hydrogen-bond donors (Lipinski definition) is 1. The Morgan fingerprint density at radius 1 is 1.48 bits per heavy atom. The van der Waals surface area contributed by atoms with Crippen molar-refractivity contribution in [1.29, 1.82) is 0 Å². The number of halogens is 2. The minimum atomic E-state index is -1.37. The highest BCUT2D eigenvalue weighted by atomic mass is 19.2. The molecule has 1 aromatic rings. The molecule has 0 radical (unpaired) electrons. The molecule has 6 nitrogen and oxygen atoms in total. The lowest BCUT2D eigenvalue weighted by Crippen LogP contribution is -2.31. The van der Waals surface area contributed by atoms with Crippen molar-refractivity contribution in [2.45, 2.75) is 19.4 Å². The fourth-order valence-corrected chi connectivity index (χ4v) is 2.39. The summed E-state index contributed by atoms with van der Waals surface area (Å²) in [5, 5.41) is 20.4. The van der Waals surface area contributed by atoms with Crippen LogP contribution in [0.2, 0.25) is 0 Å². The van der Waals surface area contributed by atoms with Crippen LogP contribution in [-0.2, 0) is 0 Å². The average molecular weight is 300 g/mol. The zero-order valence-electron chi connectivity index (χ0n) is 11.3. The van der Waals surface area contributed by atoms with Crippen molar-refractivity contribution in [2.75, 3.05) is 13.1 Å². The van der Waals surface area contributed by atoms with E-state index in [0.29, 0.717) is 25.1 Å². The summed E-state index contributed by atoms with van der Waals surface area (Å²) in [7, 11) is 0. The van der Waals surface area contributed by atoms with Gasteiger partial charge in [0.1, 0.15) is 5.56 Å². The van der Waals surface area contributed by atoms with Crippen LogP contribution < -0.4 is 0 Å². The van der Waals surface area contributed by atoms with Gasteiger partial charge in [0.2, 0.25) is 0 Å². The molecule has 1 fully saturated rings. The van der Waals surface area contributed by atoms with Crippen molar-refractivity contribution in [1.82, 2.24) is 4.90 Å². The summed E-state index contributed by atoms with van der Waals surface area (Å²) in [5.74, 6) is -3.54. The van der Waals surface area contributed by atoms with Crippen LogP contribution in [0.4, 0.5) is 14.5 Å². The van der Waals surface area contributed by atoms with Gasteiger partial charge < -0.3 is 10.0 Å². The van der Waals surface area contributed by atoms with E-state index >= 15 is 0 Å². The molecule has 2 rings (SSSR count). The lowest BCUT2D eigenvalue weighted by Gasteiger charge is -2.17. The SMILES string of the molecule is CC(O)C1CCN(C(=O)c2cc(F)c(F)cc2[N+](=O)[O-])C1. The largest absolute Gasteiger partial charge is 0.393 e. The zero-order valence-corrected chi connectivity index (χ0v) is 11.3. The quantitative estimate of drug-likeness (QED) is 0.680. The number of carbonyl (C=O) groups excluding carboxylic acids is 1. The smallest absolute Gasteiger partial charge is 0.285 e. The van der Waals surface area contributed by atoms with E-state index in [9.17, 15) is 28.8 Å². The fraction of sp³-hybridized carbons (Fsp3) is 0.462. The topological polar surface area (TPSA) is 83.7 Å². The Hall–Kier alpha value is -2.09. The van der Waals surface area contributed by atoms with Gasteiger partial charge in [0.25, 0.3) is 11.6 Å². The first-order chi connectivity index (χ1) is 9.81. The summed E-state index contributed by atoms with van der Waals surface area (Å²) in [5.41, 5.74) is -1.25. The molecular weight excluding hydrogens is 286 g/mol. The first kappa shape index (κ1) is 15.3. The molecule has 0 bridgehead atoms. The van der Waals surface area contributed by atoms with Gasteiger partial charge in [-0.15, -0.1) is 0 Å². The number of nitrogens with zero attached hydrogens (tertiary/aromatic N) is 2. The van der Waals surface area contributed by atoms with Crippen LogP contribution in [0.5, 0.6) is 0 Å². The summed E-state index contributed by atoms with van der Waals surface area (Å²) in [6.45, 7) is 2.13.